The molecule has 28 heavy (non-hydrogen) atoms. The van der Waals surface area contributed by atoms with E-state index in [-0.39, 0.29) is 32.7 Å². The van der Waals surface area contributed by atoms with Crippen LogP contribution in [0.5, 0.6) is 0 Å². The van der Waals surface area contributed by atoms with Gasteiger partial charge in [0.25, 0.3) is 15.7 Å². The molecule has 0 atom stereocenters. The molecule has 0 bridgehead atoms. The molecular formula is C19H12N2O6S. The summed E-state index contributed by atoms with van der Waals surface area (Å²) >= 11 is 0. The topological polar surface area (TPSA) is 120 Å². The smallest absolute Gasteiger partial charge is 0.269 e. The SMILES string of the molecule is O=c1c2ccccc2oc2c(NS(=O)(=O)c3ccc([N+](=O)[O-])cc3)cccc12. The van der Waals surface area contributed by atoms with Crippen molar-refractivity contribution in [1.82, 2.24) is 0 Å². The summed E-state index contributed by atoms with van der Waals surface area (Å²) in [6.45, 7) is 0. The van der Waals surface area contributed by atoms with Crippen molar-refractivity contribution < 1.29 is 17.8 Å². The highest BCUT2D eigenvalue weighted by atomic mass is 32.2. The van der Waals surface area contributed by atoms with Crippen LogP contribution in [0.25, 0.3) is 21.9 Å². The standard InChI is InChI=1S/C19H12N2O6S/c22-18-14-4-1-2-7-17(14)27-19-15(18)5-3-6-16(19)20-28(25,26)13-10-8-12(9-11-13)21(23)24/h1-11,20H. The lowest BCUT2D eigenvalue weighted by atomic mass is 10.1. The minimum atomic E-state index is -4.05. The van der Waals surface area contributed by atoms with E-state index in [2.05, 4.69) is 4.72 Å². The summed E-state index contributed by atoms with van der Waals surface area (Å²) in [4.78, 5) is 22.6. The Hall–Kier alpha value is -3.72. The number of non-ortho nitro benzene ring substituents is 1. The van der Waals surface area contributed by atoms with Gasteiger partial charge in [0.15, 0.2) is 5.58 Å². The van der Waals surface area contributed by atoms with Crippen LogP contribution >= 0.6 is 0 Å². The second kappa shape index (κ2) is 6.46. The average molecular weight is 396 g/mol. The Morgan fingerprint density at radius 2 is 1.57 bits per heavy atom. The molecule has 0 saturated heterocycles. The van der Waals surface area contributed by atoms with Gasteiger partial charge >= 0.3 is 0 Å². The lowest BCUT2D eigenvalue weighted by Crippen LogP contribution is -2.14. The zero-order valence-electron chi connectivity index (χ0n) is 14.2. The third-order valence-corrected chi connectivity index (χ3v) is 5.59. The highest BCUT2D eigenvalue weighted by Gasteiger charge is 2.19. The minimum absolute atomic E-state index is 0.0960. The summed E-state index contributed by atoms with van der Waals surface area (Å²) in [5.74, 6) is 0. The molecule has 1 aromatic heterocycles. The van der Waals surface area contributed by atoms with Crippen molar-refractivity contribution in [2.75, 3.05) is 4.72 Å². The van der Waals surface area contributed by atoms with Gasteiger partial charge in [0.05, 0.1) is 26.3 Å². The highest BCUT2D eigenvalue weighted by Crippen LogP contribution is 2.27. The van der Waals surface area contributed by atoms with Crippen LogP contribution in [0.4, 0.5) is 11.4 Å². The number of fused-ring (bicyclic) bond motifs is 2. The third kappa shape index (κ3) is 2.97. The number of hydrogen-bond donors (Lipinski definition) is 1. The van der Waals surface area contributed by atoms with Gasteiger partial charge in [0, 0.05) is 12.1 Å². The van der Waals surface area contributed by atoms with E-state index in [1.54, 1.807) is 36.4 Å². The van der Waals surface area contributed by atoms with E-state index in [9.17, 15) is 23.3 Å². The Bertz CT molecular complexity index is 1390. The first-order valence-electron chi connectivity index (χ1n) is 8.09. The van der Waals surface area contributed by atoms with Crippen molar-refractivity contribution in [1.29, 1.82) is 0 Å². The van der Waals surface area contributed by atoms with Crippen LogP contribution in [0.2, 0.25) is 0 Å². The van der Waals surface area contributed by atoms with Gasteiger partial charge in [0.2, 0.25) is 5.43 Å². The summed E-state index contributed by atoms with van der Waals surface area (Å²) in [6.07, 6.45) is 0. The first kappa shape index (κ1) is 17.7. The lowest BCUT2D eigenvalue weighted by molar-refractivity contribution is -0.384. The highest BCUT2D eigenvalue weighted by molar-refractivity contribution is 7.92. The van der Waals surface area contributed by atoms with Crippen LogP contribution < -0.4 is 10.2 Å². The molecule has 8 nitrogen and oxygen atoms in total. The fourth-order valence-corrected chi connectivity index (χ4v) is 3.92. The van der Waals surface area contributed by atoms with E-state index < -0.39 is 14.9 Å². The summed E-state index contributed by atoms with van der Waals surface area (Å²) in [6, 6.07) is 15.7. The average Bonchev–Trinajstić information content (AvgIpc) is 2.69. The van der Waals surface area contributed by atoms with Crippen LogP contribution in [0, 0.1) is 10.1 Å². The van der Waals surface area contributed by atoms with E-state index in [1.807, 2.05) is 0 Å². The molecule has 0 aliphatic rings. The number of nitrogens with zero attached hydrogens (tertiary/aromatic N) is 1. The first-order valence-corrected chi connectivity index (χ1v) is 9.57. The molecule has 4 rings (SSSR count). The van der Waals surface area contributed by atoms with Crippen molar-refractivity contribution in [2.45, 2.75) is 4.90 Å². The summed E-state index contributed by atoms with van der Waals surface area (Å²) < 4.78 is 33.5. The van der Waals surface area contributed by atoms with E-state index in [4.69, 9.17) is 4.42 Å². The molecule has 0 radical (unpaired) electrons. The predicted molar refractivity (Wildman–Crippen MR) is 104 cm³/mol. The number of rotatable bonds is 4. The Balaban J connectivity index is 1.83. The molecular weight excluding hydrogens is 384 g/mol. The van der Waals surface area contributed by atoms with Crippen LogP contribution in [0.1, 0.15) is 0 Å². The van der Waals surface area contributed by atoms with Gasteiger partial charge in [-0.25, -0.2) is 8.42 Å². The molecule has 0 aliphatic heterocycles. The molecule has 3 aromatic carbocycles. The zero-order chi connectivity index (χ0) is 19.9. The predicted octanol–water partition coefficient (Wildman–Crippen LogP) is 3.66. The van der Waals surface area contributed by atoms with Gasteiger partial charge in [0.1, 0.15) is 5.58 Å². The summed E-state index contributed by atoms with van der Waals surface area (Å²) in [5.41, 5.74) is 0.0483. The molecule has 1 heterocycles. The fourth-order valence-electron chi connectivity index (χ4n) is 2.86. The van der Waals surface area contributed by atoms with Gasteiger partial charge in [-0.2, -0.15) is 0 Å². The molecule has 0 aliphatic carbocycles. The third-order valence-electron chi connectivity index (χ3n) is 4.21. The Kier molecular flexibility index (Phi) is 4.08. The largest absolute Gasteiger partial charge is 0.454 e. The molecule has 0 amide bonds. The van der Waals surface area contributed by atoms with Crippen LogP contribution in [0.15, 0.2) is 80.8 Å². The quantitative estimate of drug-likeness (QED) is 0.319. The number of nitro groups is 1. The molecule has 0 saturated carbocycles. The Labute approximate surface area is 158 Å². The van der Waals surface area contributed by atoms with Gasteiger partial charge in [-0.3, -0.25) is 19.6 Å². The molecule has 0 spiro atoms. The molecule has 4 aromatic rings. The molecule has 0 fully saturated rings. The Morgan fingerprint density at radius 3 is 2.29 bits per heavy atom. The second-order valence-corrected chi connectivity index (χ2v) is 7.65. The van der Waals surface area contributed by atoms with Crippen LogP contribution in [-0.2, 0) is 10.0 Å². The van der Waals surface area contributed by atoms with Gasteiger partial charge < -0.3 is 4.42 Å². The van der Waals surface area contributed by atoms with Crippen molar-refractivity contribution in [3.63, 3.8) is 0 Å². The van der Waals surface area contributed by atoms with Crippen molar-refractivity contribution in [3.05, 3.63) is 87.1 Å². The first-order chi connectivity index (χ1) is 13.4. The van der Waals surface area contributed by atoms with Crippen LogP contribution in [-0.4, -0.2) is 13.3 Å². The second-order valence-electron chi connectivity index (χ2n) is 5.97. The van der Waals surface area contributed by atoms with Gasteiger partial charge in [-0.1, -0.05) is 18.2 Å². The molecule has 9 heteroatoms. The number of nitrogens with one attached hydrogen (secondary N) is 1. The summed E-state index contributed by atoms with van der Waals surface area (Å²) in [5, 5.41) is 11.4. The molecule has 1 N–H and O–H groups in total. The number of sulfonamides is 1. The van der Waals surface area contributed by atoms with Crippen molar-refractivity contribution in [3.8, 4) is 0 Å². The number of benzene rings is 3. The van der Waals surface area contributed by atoms with Crippen molar-refractivity contribution >= 4 is 43.3 Å². The van der Waals surface area contributed by atoms with Gasteiger partial charge in [-0.15, -0.1) is 0 Å². The normalized spacial score (nSPS) is 11.6. The van der Waals surface area contributed by atoms with E-state index >= 15 is 0 Å². The number of hydrogen-bond acceptors (Lipinski definition) is 6. The zero-order valence-corrected chi connectivity index (χ0v) is 15.0. The van der Waals surface area contributed by atoms with Crippen LogP contribution in [0.3, 0.4) is 0 Å². The molecule has 0 unspecified atom stereocenters. The van der Waals surface area contributed by atoms with Crippen molar-refractivity contribution in [2.24, 2.45) is 0 Å². The number of anilines is 1. The van der Waals surface area contributed by atoms with E-state index in [0.717, 1.165) is 24.3 Å². The van der Waals surface area contributed by atoms with E-state index in [0.29, 0.717) is 11.0 Å². The minimum Gasteiger partial charge on any atom is -0.454 e. The van der Waals surface area contributed by atoms with E-state index in [1.165, 1.54) is 6.07 Å². The number of nitro benzene ring substituents is 1. The maximum Gasteiger partial charge on any atom is 0.269 e. The summed E-state index contributed by atoms with van der Waals surface area (Å²) in [7, 11) is -4.05. The fraction of sp³-hybridized carbons (Fsp3) is 0. The lowest BCUT2D eigenvalue weighted by Gasteiger charge is -2.10. The maximum atomic E-state index is 12.7. The van der Waals surface area contributed by atoms with Gasteiger partial charge in [-0.05, 0) is 36.4 Å². The molecule has 140 valence electrons. The maximum absolute atomic E-state index is 12.7. The number of para-hydroxylation sites is 2. The monoisotopic (exact) mass is 396 g/mol. The Morgan fingerprint density at radius 1 is 0.893 bits per heavy atom.